The Morgan fingerprint density at radius 3 is 3.22 bits per heavy atom. The summed E-state index contributed by atoms with van der Waals surface area (Å²) in [6.45, 7) is 5.07. The second-order valence-electron chi connectivity index (χ2n) is 5.33. The van der Waals surface area contributed by atoms with E-state index in [1.807, 2.05) is 17.7 Å². The van der Waals surface area contributed by atoms with Gasteiger partial charge in [0.15, 0.2) is 0 Å². The van der Waals surface area contributed by atoms with E-state index in [4.69, 9.17) is 10.00 Å². The zero-order valence-electron chi connectivity index (χ0n) is 12.9. The van der Waals surface area contributed by atoms with Crippen molar-refractivity contribution < 1.29 is 9.53 Å². The van der Waals surface area contributed by atoms with E-state index in [1.54, 1.807) is 13.1 Å². The number of anilines is 1. The van der Waals surface area contributed by atoms with Gasteiger partial charge in [-0.25, -0.2) is 4.98 Å². The summed E-state index contributed by atoms with van der Waals surface area (Å²) in [7, 11) is 0. The van der Waals surface area contributed by atoms with Crippen molar-refractivity contribution >= 4 is 22.4 Å². The van der Waals surface area contributed by atoms with Crippen LogP contribution in [0.3, 0.4) is 0 Å². The van der Waals surface area contributed by atoms with E-state index in [0.717, 1.165) is 23.9 Å². The Kier molecular flexibility index (Phi) is 4.41. The van der Waals surface area contributed by atoms with Crippen LogP contribution in [0.5, 0.6) is 0 Å². The van der Waals surface area contributed by atoms with Gasteiger partial charge in [0.1, 0.15) is 28.6 Å². The fourth-order valence-electron chi connectivity index (χ4n) is 2.75. The SMILES string of the molecule is CCn1ccnc1[C@@H]1OCC[C@H]1C(=O)Nc1snc(C)c1C#N. The monoisotopic (exact) mass is 331 g/mol. The molecule has 1 amide bonds. The maximum atomic E-state index is 12.6. The Labute approximate surface area is 138 Å². The van der Waals surface area contributed by atoms with Crippen LogP contribution in [0.1, 0.15) is 36.5 Å². The first-order valence-corrected chi connectivity index (χ1v) is 8.23. The van der Waals surface area contributed by atoms with E-state index in [-0.39, 0.29) is 17.9 Å². The highest BCUT2D eigenvalue weighted by molar-refractivity contribution is 7.10. The summed E-state index contributed by atoms with van der Waals surface area (Å²) in [5, 5.41) is 12.5. The molecule has 0 aliphatic carbocycles. The van der Waals surface area contributed by atoms with Crippen LogP contribution in [-0.2, 0) is 16.1 Å². The van der Waals surface area contributed by atoms with Gasteiger partial charge in [-0.1, -0.05) is 0 Å². The lowest BCUT2D eigenvalue weighted by Gasteiger charge is -2.18. The van der Waals surface area contributed by atoms with Gasteiger partial charge in [-0.2, -0.15) is 9.64 Å². The molecule has 7 nitrogen and oxygen atoms in total. The summed E-state index contributed by atoms with van der Waals surface area (Å²) < 4.78 is 11.9. The molecular weight excluding hydrogens is 314 g/mol. The lowest BCUT2D eigenvalue weighted by Crippen LogP contribution is -2.26. The quantitative estimate of drug-likeness (QED) is 0.927. The van der Waals surface area contributed by atoms with Gasteiger partial charge in [-0.05, 0) is 31.8 Å². The molecule has 2 aromatic heterocycles. The van der Waals surface area contributed by atoms with Crippen LogP contribution < -0.4 is 5.32 Å². The molecule has 1 aliphatic rings. The highest BCUT2D eigenvalue weighted by atomic mass is 32.1. The minimum atomic E-state index is -0.357. The fourth-order valence-corrected chi connectivity index (χ4v) is 3.50. The second kappa shape index (κ2) is 6.48. The van der Waals surface area contributed by atoms with Crippen molar-refractivity contribution in [2.75, 3.05) is 11.9 Å². The molecule has 0 bridgehead atoms. The molecule has 0 radical (unpaired) electrons. The first kappa shape index (κ1) is 15.6. The minimum absolute atomic E-state index is 0.154. The Hall–Kier alpha value is -2.24. The summed E-state index contributed by atoms with van der Waals surface area (Å²) in [4.78, 5) is 17.0. The molecule has 23 heavy (non-hydrogen) atoms. The number of hydrogen-bond donors (Lipinski definition) is 1. The van der Waals surface area contributed by atoms with E-state index in [1.165, 1.54) is 0 Å². The maximum Gasteiger partial charge on any atom is 0.231 e. The van der Waals surface area contributed by atoms with Crippen LogP contribution in [0.2, 0.25) is 0 Å². The number of nitriles is 1. The summed E-state index contributed by atoms with van der Waals surface area (Å²) >= 11 is 1.13. The summed E-state index contributed by atoms with van der Waals surface area (Å²) in [6, 6.07) is 2.08. The third-order valence-corrected chi connectivity index (χ3v) is 4.84. The number of rotatable bonds is 4. The fraction of sp³-hybridized carbons (Fsp3) is 0.467. The number of carbonyl (C=O) groups excluding carboxylic acids is 1. The number of aromatic nitrogens is 3. The average molecular weight is 331 g/mol. The van der Waals surface area contributed by atoms with Crippen LogP contribution in [-0.4, -0.2) is 26.4 Å². The Morgan fingerprint density at radius 1 is 1.65 bits per heavy atom. The Morgan fingerprint density at radius 2 is 2.48 bits per heavy atom. The molecular formula is C15H17N5O2S. The number of hydrogen-bond acceptors (Lipinski definition) is 6. The number of imidazole rings is 1. The molecule has 2 aromatic rings. The molecule has 0 aromatic carbocycles. The molecule has 0 spiro atoms. The molecule has 3 heterocycles. The number of amides is 1. The predicted octanol–water partition coefficient (Wildman–Crippen LogP) is 2.26. The summed E-state index contributed by atoms with van der Waals surface area (Å²) in [6.07, 6.45) is 3.87. The van der Waals surface area contributed by atoms with E-state index in [9.17, 15) is 4.79 Å². The average Bonchev–Trinajstić information content (AvgIpc) is 3.25. The van der Waals surface area contributed by atoms with Gasteiger partial charge in [-0.3, -0.25) is 4.79 Å². The lowest BCUT2D eigenvalue weighted by atomic mass is 9.99. The molecule has 0 saturated carbocycles. The van der Waals surface area contributed by atoms with Gasteiger partial charge in [0, 0.05) is 25.5 Å². The number of nitrogens with one attached hydrogen (secondary N) is 1. The minimum Gasteiger partial charge on any atom is -0.369 e. The standard InChI is InChI=1S/C15H17N5O2S/c1-3-20-6-5-17-13(20)12-10(4-7-22-12)14(21)18-15-11(8-16)9(2)19-23-15/h5-6,10,12H,3-4,7H2,1-2H3,(H,18,21)/t10-,12-/m1/s1. The van der Waals surface area contributed by atoms with Crippen molar-refractivity contribution in [1.29, 1.82) is 5.26 Å². The normalized spacial score (nSPS) is 20.4. The van der Waals surface area contributed by atoms with Gasteiger partial charge < -0.3 is 14.6 Å². The Bertz CT molecular complexity index is 760. The molecule has 120 valence electrons. The molecule has 3 rings (SSSR count). The molecule has 8 heteroatoms. The first-order chi connectivity index (χ1) is 11.2. The highest BCUT2D eigenvalue weighted by Crippen LogP contribution is 2.35. The molecule has 1 saturated heterocycles. The van der Waals surface area contributed by atoms with Gasteiger partial charge in [0.2, 0.25) is 5.91 Å². The van der Waals surface area contributed by atoms with Crippen molar-refractivity contribution in [3.05, 3.63) is 29.5 Å². The third-order valence-electron chi connectivity index (χ3n) is 3.98. The topological polar surface area (TPSA) is 92.8 Å². The van der Waals surface area contributed by atoms with Crippen LogP contribution >= 0.6 is 11.5 Å². The number of nitrogens with zero attached hydrogens (tertiary/aromatic N) is 4. The molecule has 1 N–H and O–H groups in total. The first-order valence-electron chi connectivity index (χ1n) is 7.45. The van der Waals surface area contributed by atoms with Crippen LogP contribution in [0.15, 0.2) is 12.4 Å². The van der Waals surface area contributed by atoms with Gasteiger partial charge in [0.05, 0.1) is 11.6 Å². The second-order valence-corrected chi connectivity index (χ2v) is 6.10. The molecule has 0 unspecified atom stereocenters. The zero-order chi connectivity index (χ0) is 16.4. The van der Waals surface area contributed by atoms with E-state index in [2.05, 4.69) is 20.7 Å². The van der Waals surface area contributed by atoms with Crippen LogP contribution in [0.25, 0.3) is 0 Å². The zero-order valence-corrected chi connectivity index (χ0v) is 13.8. The summed E-state index contributed by atoms with van der Waals surface area (Å²) in [5.74, 6) is 0.293. The van der Waals surface area contributed by atoms with Crippen LogP contribution in [0.4, 0.5) is 5.00 Å². The third kappa shape index (κ3) is 2.85. The predicted molar refractivity (Wildman–Crippen MR) is 84.9 cm³/mol. The molecule has 1 aliphatic heterocycles. The lowest BCUT2D eigenvalue weighted by molar-refractivity contribution is -0.121. The Balaban J connectivity index is 1.80. The van der Waals surface area contributed by atoms with Crippen LogP contribution in [0, 0.1) is 24.2 Å². The van der Waals surface area contributed by atoms with Crippen molar-refractivity contribution in [3.63, 3.8) is 0 Å². The smallest absolute Gasteiger partial charge is 0.231 e. The van der Waals surface area contributed by atoms with E-state index < -0.39 is 0 Å². The van der Waals surface area contributed by atoms with Crippen molar-refractivity contribution in [3.8, 4) is 6.07 Å². The van der Waals surface area contributed by atoms with Crippen molar-refractivity contribution in [2.45, 2.75) is 32.9 Å². The number of carbonyl (C=O) groups is 1. The molecule has 2 atom stereocenters. The van der Waals surface area contributed by atoms with Gasteiger partial charge >= 0.3 is 0 Å². The largest absolute Gasteiger partial charge is 0.369 e. The van der Waals surface area contributed by atoms with Gasteiger partial charge in [-0.15, -0.1) is 0 Å². The van der Waals surface area contributed by atoms with Crippen molar-refractivity contribution in [2.24, 2.45) is 5.92 Å². The molecule has 1 fully saturated rings. The number of ether oxygens (including phenoxy) is 1. The van der Waals surface area contributed by atoms with Gasteiger partial charge in [0.25, 0.3) is 0 Å². The van der Waals surface area contributed by atoms with Crippen molar-refractivity contribution in [1.82, 2.24) is 13.9 Å². The number of aryl methyl sites for hydroxylation is 2. The van der Waals surface area contributed by atoms with E-state index in [0.29, 0.717) is 29.3 Å². The highest BCUT2D eigenvalue weighted by Gasteiger charge is 2.38. The van der Waals surface area contributed by atoms with E-state index >= 15 is 0 Å². The summed E-state index contributed by atoms with van der Waals surface area (Å²) in [5.41, 5.74) is 1.06. The maximum absolute atomic E-state index is 12.6.